The quantitative estimate of drug-likeness (QED) is 0.0430. The Morgan fingerprint density at radius 1 is 1.16 bits per heavy atom. The molecule has 1 aromatic carbocycles. The van der Waals surface area contributed by atoms with Gasteiger partial charge in [0.2, 0.25) is 22.3 Å². The van der Waals surface area contributed by atoms with Crippen molar-refractivity contribution in [3.63, 3.8) is 0 Å². The lowest BCUT2D eigenvalue weighted by atomic mass is 10.0. The Morgan fingerprint density at radius 3 is 2.45 bits per heavy atom. The number of hydrogen-bond donors (Lipinski definition) is 6. The van der Waals surface area contributed by atoms with E-state index in [0.29, 0.717) is 11.8 Å². The van der Waals surface area contributed by atoms with E-state index in [0.717, 1.165) is 38.2 Å². The summed E-state index contributed by atoms with van der Waals surface area (Å²) in [6.07, 6.45) is 0. The fraction of sp³-hybridized carbons (Fsp3) is 0.370. The van der Waals surface area contributed by atoms with Gasteiger partial charge in [-0.15, -0.1) is 11.3 Å². The van der Waals surface area contributed by atoms with Crippen LogP contribution < -0.4 is 11.1 Å². The van der Waals surface area contributed by atoms with Crippen LogP contribution in [0.15, 0.2) is 22.7 Å². The minimum Gasteiger partial charge on any atom is -0.504 e. The monoisotopic (exact) mass is 739 g/mol. The molecule has 49 heavy (non-hydrogen) atoms. The number of nitrogens with one attached hydrogen (secondary N) is 1. The molecular weight excluding hydrogens is 714 g/mol. The number of amides is 4. The third-order valence-electron chi connectivity index (χ3n) is 7.80. The van der Waals surface area contributed by atoms with E-state index in [-0.39, 0.29) is 23.9 Å². The van der Waals surface area contributed by atoms with Gasteiger partial charge in [-0.1, -0.05) is 28.5 Å². The molecule has 0 spiro atoms. The maximum absolute atomic E-state index is 13.3. The molecule has 3 atom stereocenters. The number of nitrogens with zero attached hydrogens (tertiary/aromatic N) is 5. The van der Waals surface area contributed by atoms with Crippen LogP contribution in [-0.2, 0) is 33.6 Å². The number of oxime groups is 1. The topological polar surface area (TPSA) is 283 Å². The van der Waals surface area contributed by atoms with E-state index in [2.05, 4.69) is 15.5 Å². The number of nitrogen functional groups attached to an aromatic ring is 1. The predicted octanol–water partition coefficient (Wildman–Crippen LogP) is -0.892. The summed E-state index contributed by atoms with van der Waals surface area (Å²) in [5.74, 6) is -9.20. The zero-order chi connectivity index (χ0) is 36.2. The number of carboxylic acid groups (broad SMARTS) is 2. The number of phenolic OH excluding ortho intramolecular Hbond substituents is 2. The minimum absolute atomic E-state index is 0.0516. The number of piperazine rings is 1. The van der Waals surface area contributed by atoms with Gasteiger partial charge in [-0.3, -0.25) is 24.0 Å². The summed E-state index contributed by atoms with van der Waals surface area (Å²) in [5, 5.41) is 45.1. The van der Waals surface area contributed by atoms with E-state index in [4.69, 9.17) is 22.2 Å². The number of nitrogens with two attached hydrogens (primary N) is 1. The van der Waals surface area contributed by atoms with Gasteiger partial charge in [-0.2, -0.15) is 0 Å². The molecule has 4 heterocycles. The average molecular weight is 740 g/mol. The molecule has 0 saturated carbocycles. The molecule has 3 aliphatic rings. The predicted molar refractivity (Wildman–Crippen MR) is 169 cm³/mol. The standard InChI is InChI=1S/C27H26ClN7O12S2/c1-26(2,23(43)44)47-32-15(11-8-48-25(29)30-11)19(40)31-16-20(41)34-9-27(24(45)46,49-22(16)34)35-6-5-33(7-13(35)37)21(42)17(38)10-3-4-12(36)18(39)14(10)28/h3-4,8,16,22,36,39H,5-7,9H2,1-2H3,(H2,29,30)(H,31,40)(H,43,44)(H,45,46)/b32-15-/t16-,22-,27-/m1/s1. The lowest BCUT2D eigenvalue weighted by Gasteiger charge is -2.41. The lowest BCUT2D eigenvalue weighted by Crippen LogP contribution is -2.68. The molecule has 260 valence electrons. The zero-order valence-corrected chi connectivity index (χ0v) is 27.7. The first-order valence-corrected chi connectivity index (χ1v) is 16.1. The third-order valence-corrected chi connectivity index (χ3v) is 10.5. The van der Waals surface area contributed by atoms with Crippen LogP contribution in [0.2, 0.25) is 5.02 Å². The van der Waals surface area contributed by atoms with Crippen molar-refractivity contribution in [2.75, 3.05) is 31.9 Å². The number of carboxylic acids is 2. The molecule has 3 aliphatic heterocycles. The number of aromatic hydroxyl groups is 2. The van der Waals surface area contributed by atoms with Gasteiger partial charge in [-0.25, -0.2) is 14.6 Å². The number of phenols is 2. The maximum atomic E-state index is 13.3. The first-order valence-electron chi connectivity index (χ1n) is 14.0. The van der Waals surface area contributed by atoms with Crippen LogP contribution in [0.25, 0.3) is 0 Å². The number of anilines is 1. The molecule has 0 radical (unpaired) electrons. The van der Waals surface area contributed by atoms with Crippen LogP contribution in [0.3, 0.4) is 0 Å². The Bertz CT molecular complexity index is 1850. The molecular formula is C27H26ClN7O12S2. The van der Waals surface area contributed by atoms with Crippen LogP contribution >= 0.6 is 34.7 Å². The summed E-state index contributed by atoms with van der Waals surface area (Å²) < 4.78 is 0. The zero-order valence-electron chi connectivity index (χ0n) is 25.3. The normalized spacial score (nSPS) is 22.3. The number of thiazole rings is 1. The van der Waals surface area contributed by atoms with Crippen LogP contribution in [-0.4, -0.2) is 135 Å². The van der Waals surface area contributed by atoms with Crippen molar-refractivity contribution in [2.45, 2.75) is 35.7 Å². The maximum Gasteiger partial charge on any atom is 0.350 e. The molecule has 7 N–H and O–H groups in total. The molecule has 0 unspecified atom stereocenters. The number of hydrogen-bond acceptors (Lipinski definition) is 15. The molecule has 1 aromatic heterocycles. The summed E-state index contributed by atoms with van der Waals surface area (Å²) in [6.45, 7) is 0.562. The lowest BCUT2D eigenvalue weighted by molar-refractivity contribution is -0.161. The number of ketones is 1. The number of aliphatic carboxylic acids is 2. The van der Waals surface area contributed by atoms with Crippen molar-refractivity contribution >= 4 is 86.9 Å². The van der Waals surface area contributed by atoms with Crippen LogP contribution in [0.1, 0.15) is 29.9 Å². The molecule has 3 fully saturated rings. The molecule has 3 saturated heterocycles. The van der Waals surface area contributed by atoms with E-state index in [9.17, 15) is 54.0 Å². The highest BCUT2D eigenvalue weighted by molar-refractivity contribution is 8.02. The Kier molecular flexibility index (Phi) is 9.12. The number of benzene rings is 1. The highest BCUT2D eigenvalue weighted by atomic mass is 35.5. The van der Waals surface area contributed by atoms with E-state index in [1.165, 1.54) is 19.2 Å². The first-order chi connectivity index (χ1) is 22.9. The Labute approximate surface area is 288 Å². The van der Waals surface area contributed by atoms with Crippen molar-refractivity contribution in [2.24, 2.45) is 5.16 Å². The second-order valence-corrected chi connectivity index (χ2v) is 14.0. The van der Waals surface area contributed by atoms with Crippen molar-refractivity contribution < 1.29 is 58.8 Å². The first kappa shape index (κ1) is 35.2. The second-order valence-electron chi connectivity index (χ2n) is 11.3. The van der Waals surface area contributed by atoms with Gasteiger partial charge in [0.05, 0.1) is 17.1 Å². The largest absolute Gasteiger partial charge is 0.504 e. The number of aromatic nitrogens is 1. The number of halogens is 1. The van der Waals surface area contributed by atoms with Gasteiger partial charge in [-0.05, 0) is 26.0 Å². The van der Waals surface area contributed by atoms with Gasteiger partial charge >= 0.3 is 11.9 Å². The summed E-state index contributed by atoms with van der Waals surface area (Å²) in [7, 11) is 0. The van der Waals surface area contributed by atoms with Crippen molar-refractivity contribution in [1.82, 2.24) is 25.0 Å². The summed E-state index contributed by atoms with van der Waals surface area (Å²) in [6, 6.07) is 0.677. The SMILES string of the molecule is CC(C)(O/N=C(\C(=O)N[C@@H]1C(=O)N2C[C@@](C(=O)O)(N3CCN(C(=O)C(=O)c4ccc(O)c(O)c4Cl)CC3=O)S[C@H]12)c1csc(N)n1)C(=O)O. The second kappa shape index (κ2) is 12.7. The third kappa shape index (κ3) is 6.15. The number of carbonyl (C=O) groups excluding carboxylic acids is 5. The summed E-state index contributed by atoms with van der Waals surface area (Å²) >= 11 is 7.56. The Balaban J connectivity index is 1.30. The van der Waals surface area contributed by atoms with E-state index < -0.39 is 104 Å². The van der Waals surface area contributed by atoms with Gasteiger partial charge < -0.3 is 51.0 Å². The molecule has 22 heteroatoms. The number of fused-ring (bicyclic) bond motifs is 1. The van der Waals surface area contributed by atoms with E-state index in [1.54, 1.807) is 0 Å². The summed E-state index contributed by atoms with van der Waals surface area (Å²) in [5.41, 5.74) is 2.81. The molecule has 0 aliphatic carbocycles. The van der Waals surface area contributed by atoms with Crippen LogP contribution in [0.5, 0.6) is 11.5 Å². The van der Waals surface area contributed by atoms with Crippen molar-refractivity contribution in [3.05, 3.63) is 33.8 Å². The fourth-order valence-corrected chi connectivity index (χ4v) is 7.49. The smallest absolute Gasteiger partial charge is 0.350 e. The average Bonchev–Trinajstić information content (AvgIpc) is 3.64. The molecule has 0 bridgehead atoms. The Hall–Kier alpha value is -5.15. The van der Waals surface area contributed by atoms with Gasteiger partial charge in [0.15, 0.2) is 22.3 Å². The number of carbonyl (C=O) groups is 7. The van der Waals surface area contributed by atoms with Gasteiger partial charge in [0, 0.05) is 18.5 Å². The fourth-order valence-electron chi connectivity index (χ4n) is 5.03. The molecule has 5 rings (SSSR count). The van der Waals surface area contributed by atoms with E-state index in [1.807, 2.05) is 0 Å². The number of thioether (sulfide) groups is 1. The number of Topliss-reactive ketones (excluding diaryl/α,β-unsaturated/α-hetero) is 1. The highest BCUT2D eigenvalue weighted by Crippen LogP contribution is 2.49. The minimum atomic E-state index is -2.03. The number of rotatable bonds is 10. The highest BCUT2D eigenvalue weighted by Gasteiger charge is 2.65. The molecule has 19 nitrogen and oxygen atoms in total. The molecule has 4 amide bonds. The summed E-state index contributed by atoms with van der Waals surface area (Å²) in [4.78, 5) is 99.8. The molecule has 2 aromatic rings. The van der Waals surface area contributed by atoms with Crippen LogP contribution in [0, 0.1) is 0 Å². The number of β-lactam (4-membered cyclic amide) rings is 1. The Morgan fingerprint density at radius 2 is 1.86 bits per heavy atom. The van der Waals surface area contributed by atoms with Gasteiger partial charge in [0.25, 0.3) is 17.6 Å². The van der Waals surface area contributed by atoms with Crippen molar-refractivity contribution in [3.8, 4) is 11.5 Å². The van der Waals surface area contributed by atoms with E-state index >= 15 is 0 Å². The van der Waals surface area contributed by atoms with Gasteiger partial charge in [0.1, 0.15) is 23.7 Å². The van der Waals surface area contributed by atoms with Crippen LogP contribution in [0.4, 0.5) is 5.13 Å². The van der Waals surface area contributed by atoms with Crippen molar-refractivity contribution in [1.29, 1.82) is 0 Å².